The third-order valence-corrected chi connectivity index (χ3v) is 5.89. The van der Waals surface area contributed by atoms with Gasteiger partial charge in [0.2, 0.25) is 5.91 Å². The number of aliphatic hydroxyl groups is 1. The second-order valence-corrected chi connectivity index (χ2v) is 7.72. The minimum Gasteiger partial charge on any atom is -0.494 e. The van der Waals surface area contributed by atoms with Crippen molar-refractivity contribution in [3.8, 4) is 5.75 Å². The summed E-state index contributed by atoms with van der Waals surface area (Å²) < 4.78 is 5.49. The number of hydrogen-bond donors (Lipinski definition) is 1. The molecule has 2 aliphatic carbocycles. The van der Waals surface area contributed by atoms with Gasteiger partial charge in [0.15, 0.2) is 5.75 Å². The molecule has 2 saturated carbocycles. The first-order valence-electron chi connectivity index (χ1n) is 9.66. The SMILES string of the molecule is COc1[c]cccc1N(C(=O)C1CCC(C)CC1)C1CCC(O)CC1. The number of carbonyl (C=O) groups excluding carboxylic acids is 1. The molecule has 4 heteroatoms. The number of para-hydroxylation sites is 1. The first-order chi connectivity index (χ1) is 12.1. The number of benzene rings is 1. The lowest BCUT2D eigenvalue weighted by atomic mass is 9.81. The molecule has 1 aromatic carbocycles. The third kappa shape index (κ3) is 4.17. The topological polar surface area (TPSA) is 49.8 Å². The van der Waals surface area contributed by atoms with Gasteiger partial charge >= 0.3 is 0 Å². The summed E-state index contributed by atoms with van der Waals surface area (Å²) in [6, 6.07) is 8.95. The largest absolute Gasteiger partial charge is 0.494 e. The van der Waals surface area contributed by atoms with Gasteiger partial charge in [0.1, 0.15) is 0 Å². The van der Waals surface area contributed by atoms with Gasteiger partial charge in [-0.15, -0.1) is 0 Å². The number of amides is 1. The molecule has 1 radical (unpaired) electrons. The van der Waals surface area contributed by atoms with Crippen LogP contribution in [0.3, 0.4) is 0 Å². The van der Waals surface area contributed by atoms with Crippen molar-refractivity contribution in [2.24, 2.45) is 11.8 Å². The van der Waals surface area contributed by atoms with E-state index in [4.69, 9.17) is 4.74 Å². The van der Waals surface area contributed by atoms with Crippen LogP contribution in [0.1, 0.15) is 58.3 Å². The molecule has 2 fully saturated rings. The van der Waals surface area contributed by atoms with Crippen molar-refractivity contribution in [1.82, 2.24) is 0 Å². The highest BCUT2D eigenvalue weighted by atomic mass is 16.5. The Morgan fingerprint density at radius 1 is 1.16 bits per heavy atom. The van der Waals surface area contributed by atoms with Crippen molar-refractivity contribution >= 4 is 11.6 Å². The van der Waals surface area contributed by atoms with Crippen molar-refractivity contribution in [3.63, 3.8) is 0 Å². The summed E-state index contributed by atoms with van der Waals surface area (Å²) in [6.45, 7) is 2.27. The van der Waals surface area contributed by atoms with Gasteiger partial charge in [-0.2, -0.15) is 0 Å². The highest BCUT2D eigenvalue weighted by molar-refractivity contribution is 5.97. The van der Waals surface area contributed by atoms with Crippen LogP contribution in [0, 0.1) is 17.9 Å². The zero-order chi connectivity index (χ0) is 17.8. The fourth-order valence-corrected chi connectivity index (χ4v) is 4.28. The molecule has 25 heavy (non-hydrogen) atoms. The Labute approximate surface area is 151 Å². The Bertz CT molecular complexity index is 572. The van der Waals surface area contributed by atoms with Gasteiger partial charge in [-0.3, -0.25) is 4.79 Å². The van der Waals surface area contributed by atoms with Crippen LogP contribution in [0.15, 0.2) is 18.2 Å². The van der Waals surface area contributed by atoms with Gasteiger partial charge in [0.25, 0.3) is 0 Å². The summed E-state index contributed by atoms with van der Waals surface area (Å²) >= 11 is 0. The second-order valence-electron chi connectivity index (χ2n) is 7.72. The Balaban J connectivity index is 1.87. The zero-order valence-corrected chi connectivity index (χ0v) is 15.4. The van der Waals surface area contributed by atoms with Crippen LogP contribution >= 0.6 is 0 Å². The fourth-order valence-electron chi connectivity index (χ4n) is 4.28. The van der Waals surface area contributed by atoms with Gasteiger partial charge in [-0.25, -0.2) is 0 Å². The van der Waals surface area contributed by atoms with Gasteiger partial charge in [-0.1, -0.05) is 19.1 Å². The van der Waals surface area contributed by atoms with E-state index in [0.29, 0.717) is 5.75 Å². The second kappa shape index (κ2) is 8.22. The monoisotopic (exact) mass is 344 g/mol. The Morgan fingerprint density at radius 3 is 2.48 bits per heavy atom. The van der Waals surface area contributed by atoms with Crippen molar-refractivity contribution in [2.45, 2.75) is 70.4 Å². The first-order valence-corrected chi connectivity index (χ1v) is 9.66. The van der Waals surface area contributed by atoms with E-state index in [0.717, 1.165) is 63.0 Å². The number of methoxy groups -OCH3 is 1. The van der Waals surface area contributed by atoms with E-state index in [1.807, 2.05) is 23.1 Å². The lowest BCUT2D eigenvalue weighted by Crippen LogP contribution is -2.46. The summed E-state index contributed by atoms with van der Waals surface area (Å²) in [6.07, 6.45) is 7.19. The number of hydrogen-bond acceptors (Lipinski definition) is 3. The average molecular weight is 344 g/mol. The first kappa shape index (κ1) is 18.2. The molecule has 1 N–H and O–H groups in total. The number of nitrogens with zero attached hydrogens (tertiary/aromatic N) is 1. The van der Waals surface area contributed by atoms with E-state index in [-0.39, 0.29) is 24.0 Å². The minimum absolute atomic E-state index is 0.105. The molecule has 2 aliphatic rings. The maximum Gasteiger partial charge on any atom is 0.230 e. The van der Waals surface area contributed by atoms with Crippen LogP contribution in [-0.2, 0) is 4.79 Å². The van der Waals surface area contributed by atoms with Crippen LogP contribution in [-0.4, -0.2) is 30.3 Å². The molecule has 0 atom stereocenters. The summed E-state index contributed by atoms with van der Waals surface area (Å²) in [5, 5.41) is 9.86. The molecule has 0 bridgehead atoms. The third-order valence-electron chi connectivity index (χ3n) is 5.89. The quantitative estimate of drug-likeness (QED) is 0.899. The van der Waals surface area contributed by atoms with Gasteiger partial charge in [-0.05, 0) is 63.4 Å². The highest BCUT2D eigenvalue weighted by Crippen LogP contribution is 2.37. The summed E-state index contributed by atoms with van der Waals surface area (Å²) in [7, 11) is 1.63. The molecule has 0 spiro atoms. The fraction of sp³-hybridized carbons (Fsp3) is 0.667. The molecule has 1 aromatic rings. The zero-order valence-electron chi connectivity index (χ0n) is 15.4. The van der Waals surface area contributed by atoms with E-state index >= 15 is 0 Å². The van der Waals surface area contributed by atoms with Crippen molar-refractivity contribution in [1.29, 1.82) is 0 Å². The highest BCUT2D eigenvalue weighted by Gasteiger charge is 2.35. The molecule has 0 aliphatic heterocycles. The van der Waals surface area contributed by atoms with Crippen molar-refractivity contribution < 1.29 is 14.6 Å². The van der Waals surface area contributed by atoms with Gasteiger partial charge in [0.05, 0.1) is 18.9 Å². The maximum absolute atomic E-state index is 13.4. The Morgan fingerprint density at radius 2 is 1.84 bits per heavy atom. The summed E-state index contributed by atoms with van der Waals surface area (Å²) in [5.41, 5.74) is 0.829. The predicted molar refractivity (Wildman–Crippen MR) is 98.7 cm³/mol. The maximum atomic E-state index is 13.4. The average Bonchev–Trinajstić information content (AvgIpc) is 2.64. The molecule has 3 rings (SSSR count). The van der Waals surface area contributed by atoms with E-state index in [1.165, 1.54) is 0 Å². The number of anilines is 1. The predicted octanol–water partition coefficient (Wildman–Crippen LogP) is 3.96. The van der Waals surface area contributed by atoms with Crippen molar-refractivity contribution in [2.75, 3.05) is 12.0 Å². The van der Waals surface area contributed by atoms with Crippen LogP contribution in [0.5, 0.6) is 5.75 Å². The van der Waals surface area contributed by atoms with E-state index in [1.54, 1.807) is 7.11 Å². The molecule has 0 unspecified atom stereocenters. The molecule has 1 amide bonds. The molecule has 0 saturated heterocycles. The number of rotatable bonds is 4. The van der Waals surface area contributed by atoms with E-state index in [2.05, 4.69) is 13.0 Å². The normalized spacial score (nSPS) is 29.9. The van der Waals surface area contributed by atoms with Crippen LogP contribution in [0.2, 0.25) is 0 Å². The van der Waals surface area contributed by atoms with Crippen LogP contribution in [0.4, 0.5) is 5.69 Å². The number of aliphatic hydroxyl groups excluding tert-OH is 1. The minimum atomic E-state index is -0.229. The summed E-state index contributed by atoms with van der Waals surface area (Å²) in [5.74, 6) is 1.69. The molecule has 0 heterocycles. The lowest BCUT2D eigenvalue weighted by molar-refractivity contribution is -0.124. The Kier molecular flexibility index (Phi) is 6.00. The standard InChI is InChI=1S/C21H30NO3/c1-15-7-9-16(10-8-15)21(24)22(17-11-13-18(23)14-12-17)19-5-3-4-6-20(19)25-2/h3-5,15-18,23H,7-14H2,1-2H3. The molecule has 4 nitrogen and oxygen atoms in total. The lowest BCUT2D eigenvalue weighted by Gasteiger charge is -2.39. The van der Waals surface area contributed by atoms with E-state index < -0.39 is 0 Å². The number of carbonyl (C=O) groups is 1. The van der Waals surface area contributed by atoms with Gasteiger partial charge in [0, 0.05) is 18.0 Å². The molecular weight excluding hydrogens is 314 g/mol. The smallest absolute Gasteiger partial charge is 0.230 e. The van der Waals surface area contributed by atoms with Crippen LogP contribution < -0.4 is 9.64 Å². The molecule has 0 aromatic heterocycles. The molecule has 137 valence electrons. The Hall–Kier alpha value is -1.55. The van der Waals surface area contributed by atoms with E-state index in [9.17, 15) is 9.90 Å². The molecular formula is C21H30NO3. The number of ether oxygens (including phenoxy) is 1. The van der Waals surface area contributed by atoms with Crippen molar-refractivity contribution in [3.05, 3.63) is 24.3 Å². The van der Waals surface area contributed by atoms with Crippen LogP contribution in [0.25, 0.3) is 0 Å². The summed E-state index contributed by atoms with van der Waals surface area (Å²) in [4.78, 5) is 15.4. The van der Waals surface area contributed by atoms with Gasteiger partial charge < -0.3 is 14.7 Å².